The van der Waals surface area contributed by atoms with Crippen LogP contribution in [0.4, 0.5) is 0 Å². The Morgan fingerprint density at radius 1 is 1.31 bits per heavy atom. The van der Waals surface area contributed by atoms with Crippen molar-refractivity contribution in [2.24, 2.45) is 5.41 Å². The fraction of sp³-hybridized carbons (Fsp3) is 0.571. The van der Waals surface area contributed by atoms with Crippen LogP contribution in [0, 0.1) is 5.41 Å². The van der Waals surface area contributed by atoms with Crippen LogP contribution in [0.1, 0.15) is 34.6 Å². The van der Waals surface area contributed by atoms with Crippen LogP contribution in [0.2, 0.25) is 0 Å². The highest BCUT2D eigenvalue weighted by Crippen LogP contribution is 2.38. The summed E-state index contributed by atoms with van der Waals surface area (Å²) in [5.41, 5.74) is 3.01. The molecule has 16 heavy (non-hydrogen) atoms. The van der Waals surface area contributed by atoms with Gasteiger partial charge in [0.15, 0.2) is 0 Å². The second-order valence-corrected chi connectivity index (χ2v) is 5.61. The number of hydrogen-bond acceptors (Lipinski definition) is 2. The van der Waals surface area contributed by atoms with E-state index in [9.17, 15) is 0 Å². The lowest BCUT2D eigenvalue weighted by Crippen LogP contribution is -2.48. The van der Waals surface area contributed by atoms with Gasteiger partial charge in [-0.1, -0.05) is 31.6 Å². The average Bonchev–Trinajstić information content (AvgIpc) is 2.48. The Hall–Kier alpha value is -1.18. The van der Waals surface area contributed by atoms with Crippen molar-refractivity contribution in [2.75, 3.05) is 0 Å². The fourth-order valence-corrected chi connectivity index (χ4v) is 3.14. The molecule has 2 heteroatoms. The molecule has 0 spiro atoms. The molecule has 0 aromatic heterocycles. The zero-order valence-electron chi connectivity index (χ0n) is 10.9. The molecular formula is C14H22N2. The van der Waals surface area contributed by atoms with Gasteiger partial charge in [-0.2, -0.15) is 0 Å². The summed E-state index contributed by atoms with van der Waals surface area (Å²) in [6, 6.07) is 0.456. The van der Waals surface area contributed by atoms with Gasteiger partial charge in [-0.25, -0.2) is 0 Å². The molecular weight excluding hydrogens is 196 g/mol. The van der Waals surface area contributed by atoms with Crippen LogP contribution in [-0.2, 0) is 0 Å². The molecule has 0 aromatic carbocycles. The summed E-state index contributed by atoms with van der Waals surface area (Å²) < 4.78 is 0. The predicted octanol–water partition coefficient (Wildman–Crippen LogP) is 3.01. The van der Waals surface area contributed by atoms with E-state index in [-0.39, 0.29) is 5.41 Å². The molecule has 1 N–H and O–H groups in total. The zero-order valence-corrected chi connectivity index (χ0v) is 10.9. The average molecular weight is 218 g/mol. The Kier molecular flexibility index (Phi) is 2.61. The third kappa shape index (κ3) is 1.77. The minimum atomic E-state index is 0.188. The molecule has 2 atom stereocenters. The van der Waals surface area contributed by atoms with E-state index in [1.54, 1.807) is 0 Å². The number of allylic oxidation sites excluding steroid dienone is 2. The summed E-state index contributed by atoms with van der Waals surface area (Å²) in [5.74, 6) is 0. The standard InChI is InChI=1S/C14H22N2/c1-10-8-11(2)13(14(4,5)9-10)16-7-6-15-12(16)3/h6-9,12-13,15H,1-5H3. The van der Waals surface area contributed by atoms with Gasteiger partial charge < -0.3 is 10.2 Å². The van der Waals surface area contributed by atoms with Crippen molar-refractivity contribution in [3.8, 4) is 0 Å². The van der Waals surface area contributed by atoms with E-state index in [0.717, 1.165) is 0 Å². The first kappa shape index (κ1) is 11.3. The highest BCUT2D eigenvalue weighted by atomic mass is 15.3. The molecule has 0 radical (unpaired) electrons. The monoisotopic (exact) mass is 218 g/mol. The lowest BCUT2D eigenvalue weighted by molar-refractivity contribution is 0.160. The van der Waals surface area contributed by atoms with Crippen LogP contribution in [0.3, 0.4) is 0 Å². The maximum Gasteiger partial charge on any atom is 0.0958 e. The molecule has 1 heterocycles. The van der Waals surface area contributed by atoms with Crippen LogP contribution >= 0.6 is 0 Å². The molecule has 0 bridgehead atoms. The van der Waals surface area contributed by atoms with Gasteiger partial charge in [-0.05, 0) is 26.3 Å². The van der Waals surface area contributed by atoms with E-state index in [1.807, 2.05) is 6.20 Å². The van der Waals surface area contributed by atoms with E-state index in [2.05, 4.69) is 63.2 Å². The van der Waals surface area contributed by atoms with Crippen LogP contribution < -0.4 is 5.32 Å². The summed E-state index contributed by atoms with van der Waals surface area (Å²) in [5, 5.41) is 3.33. The normalized spacial score (nSPS) is 32.2. The molecule has 0 aromatic rings. The van der Waals surface area contributed by atoms with E-state index in [4.69, 9.17) is 0 Å². The molecule has 2 nitrogen and oxygen atoms in total. The number of rotatable bonds is 1. The molecule has 2 unspecified atom stereocenters. The largest absolute Gasteiger partial charge is 0.370 e. The molecule has 2 rings (SSSR count). The summed E-state index contributed by atoms with van der Waals surface area (Å²) in [6.45, 7) is 11.3. The van der Waals surface area contributed by atoms with Crippen molar-refractivity contribution >= 4 is 0 Å². The molecule has 1 aliphatic heterocycles. The minimum Gasteiger partial charge on any atom is -0.370 e. The maximum atomic E-state index is 3.33. The van der Waals surface area contributed by atoms with Crippen molar-refractivity contribution in [3.05, 3.63) is 35.7 Å². The van der Waals surface area contributed by atoms with Crippen molar-refractivity contribution in [1.29, 1.82) is 0 Å². The van der Waals surface area contributed by atoms with Crippen LogP contribution in [0.25, 0.3) is 0 Å². The van der Waals surface area contributed by atoms with Gasteiger partial charge in [0.25, 0.3) is 0 Å². The van der Waals surface area contributed by atoms with Crippen LogP contribution in [0.5, 0.6) is 0 Å². The summed E-state index contributed by atoms with van der Waals surface area (Å²) in [4.78, 5) is 2.41. The van der Waals surface area contributed by atoms with E-state index in [0.29, 0.717) is 12.2 Å². The Labute approximate surface area is 98.7 Å². The third-order valence-electron chi connectivity index (χ3n) is 3.52. The maximum absolute atomic E-state index is 3.33. The van der Waals surface area contributed by atoms with Gasteiger partial charge in [-0.15, -0.1) is 0 Å². The van der Waals surface area contributed by atoms with Gasteiger partial charge in [0.1, 0.15) is 0 Å². The van der Waals surface area contributed by atoms with Crippen molar-refractivity contribution in [1.82, 2.24) is 10.2 Å². The first-order chi connectivity index (χ1) is 7.42. The Morgan fingerprint density at radius 2 is 2.00 bits per heavy atom. The Bertz CT molecular complexity index is 374. The molecule has 2 aliphatic rings. The second-order valence-electron chi connectivity index (χ2n) is 5.61. The van der Waals surface area contributed by atoms with Crippen molar-refractivity contribution in [3.63, 3.8) is 0 Å². The third-order valence-corrected chi connectivity index (χ3v) is 3.52. The van der Waals surface area contributed by atoms with Gasteiger partial charge in [0.05, 0.1) is 12.2 Å². The zero-order chi connectivity index (χ0) is 11.9. The quantitative estimate of drug-likeness (QED) is 0.728. The highest BCUT2D eigenvalue weighted by Gasteiger charge is 2.37. The van der Waals surface area contributed by atoms with Gasteiger partial charge in [0.2, 0.25) is 0 Å². The topological polar surface area (TPSA) is 15.3 Å². The van der Waals surface area contributed by atoms with E-state index >= 15 is 0 Å². The lowest BCUT2D eigenvalue weighted by Gasteiger charge is -2.44. The minimum absolute atomic E-state index is 0.188. The SMILES string of the molecule is CC1=CC(C)(C)C(N2C=CNC2C)C(C)=C1. The van der Waals surface area contributed by atoms with Crippen LogP contribution in [-0.4, -0.2) is 17.1 Å². The summed E-state index contributed by atoms with van der Waals surface area (Å²) in [6.07, 6.45) is 9.28. The number of hydrogen-bond donors (Lipinski definition) is 1. The van der Waals surface area contributed by atoms with Gasteiger partial charge >= 0.3 is 0 Å². The predicted molar refractivity (Wildman–Crippen MR) is 68.7 cm³/mol. The van der Waals surface area contributed by atoms with E-state index in [1.165, 1.54) is 11.1 Å². The fourth-order valence-electron chi connectivity index (χ4n) is 3.14. The lowest BCUT2D eigenvalue weighted by atomic mass is 9.74. The molecule has 0 saturated heterocycles. The van der Waals surface area contributed by atoms with Crippen molar-refractivity contribution in [2.45, 2.75) is 46.8 Å². The summed E-state index contributed by atoms with van der Waals surface area (Å²) >= 11 is 0. The van der Waals surface area contributed by atoms with Crippen molar-refractivity contribution < 1.29 is 0 Å². The molecule has 1 aliphatic carbocycles. The Morgan fingerprint density at radius 3 is 2.50 bits per heavy atom. The first-order valence-electron chi connectivity index (χ1n) is 5.99. The van der Waals surface area contributed by atoms with E-state index < -0.39 is 0 Å². The first-order valence-corrected chi connectivity index (χ1v) is 5.99. The van der Waals surface area contributed by atoms with Crippen LogP contribution in [0.15, 0.2) is 35.7 Å². The second kappa shape index (κ2) is 3.69. The molecule has 88 valence electrons. The molecule has 0 fully saturated rings. The summed E-state index contributed by atoms with van der Waals surface area (Å²) in [7, 11) is 0. The number of nitrogens with zero attached hydrogens (tertiary/aromatic N) is 1. The van der Waals surface area contributed by atoms with Gasteiger partial charge in [-0.3, -0.25) is 0 Å². The Balaban J connectivity index is 2.34. The molecule has 0 amide bonds. The smallest absolute Gasteiger partial charge is 0.0958 e. The van der Waals surface area contributed by atoms with Gasteiger partial charge in [0, 0.05) is 17.8 Å². The number of nitrogens with one attached hydrogen (secondary N) is 1. The highest BCUT2D eigenvalue weighted by molar-refractivity contribution is 5.35. The molecule has 0 saturated carbocycles.